The molecule has 7 heteroatoms. The predicted molar refractivity (Wildman–Crippen MR) is 67.1 cm³/mol. The minimum atomic E-state index is -0.884. The molecule has 0 bridgehead atoms. The minimum absolute atomic E-state index is 0.0281. The lowest BCUT2D eigenvalue weighted by atomic mass is 9.91. The summed E-state index contributed by atoms with van der Waals surface area (Å²) in [6, 6.07) is 0. The molecule has 0 N–H and O–H groups in total. The normalized spacial score (nSPS) is 18.3. The maximum absolute atomic E-state index is 11.8. The molecule has 1 saturated heterocycles. The second kappa shape index (κ2) is 6.02. The van der Waals surface area contributed by atoms with Gasteiger partial charge in [-0.2, -0.15) is 0 Å². The number of rotatable bonds is 5. The molecule has 0 spiro atoms. The Kier molecular flexibility index (Phi) is 4.86. The Morgan fingerprint density at radius 2 is 1.95 bits per heavy atom. The van der Waals surface area contributed by atoms with Crippen LogP contribution in [0.2, 0.25) is 0 Å². The topological polar surface area (TPSA) is 90.0 Å². The number of likely N-dealkylation sites (tertiary alicyclic amines) is 1. The Bertz CT molecular complexity index is 442. The van der Waals surface area contributed by atoms with Crippen LogP contribution in [-0.4, -0.2) is 41.5 Å². The zero-order valence-corrected chi connectivity index (χ0v) is 12.1. The van der Waals surface area contributed by atoms with E-state index in [2.05, 4.69) is 0 Å². The SMILES string of the molecule is CCC(C)(C)C(=O)OCC(=O)N1C(=O)CC1OC(C)=O. The molecule has 0 aromatic carbocycles. The lowest BCUT2D eigenvalue weighted by molar-refractivity contribution is -0.190. The third-order valence-corrected chi connectivity index (χ3v) is 3.24. The molecule has 0 saturated carbocycles. The van der Waals surface area contributed by atoms with Gasteiger partial charge in [-0.15, -0.1) is 0 Å². The molecule has 0 aromatic rings. The molecular formula is C13H19NO6. The van der Waals surface area contributed by atoms with Gasteiger partial charge in [0.25, 0.3) is 5.91 Å². The molecule has 7 nitrogen and oxygen atoms in total. The number of carbonyl (C=O) groups is 4. The first-order valence-corrected chi connectivity index (χ1v) is 6.38. The summed E-state index contributed by atoms with van der Waals surface area (Å²) < 4.78 is 9.69. The number of carbonyl (C=O) groups excluding carboxylic acids is 4. The van der Waals surface area contributed by atoms with Crippen LogP contribution < -0.4 is 0 Å². The summed E-state index contributed by atoms with van der Waals surface area (Å²) in [6.45, 7) is 5.90. The molecule has 112 valence electrons. The van der Waals surface area contributed by atoms with Gasteiger partial charge < -0.3 is 9.47 Å². The van der Waals surface area contributed by atoms with Crippen molar-refractivity contribution in [1.29, 1.82) is 0 Å². The van der Waals surface area contributed by atoms with Gasteiger partial charge in [0.15, 0.2) is 12.8 Å². The van der Waals surface area contributed by atoms with E-state index >= 15 is 0 Å². The summed E-state index contributed by atoms with van der Waals surface area (Å²) in [5.41, 5.74) is -0.686. The quantitative estimate of drug-likeness (QED) is 0.543. The van der Waals surface area contributed by atoms with Gasteiger partial charge in [-0.25, -0.2) is 4.90 Å². The molecule has 1 aliphatic heterocycles. The zero-order chi connectivity index (χ0) is 15.5. The van der Waals surface area contributed by atoms with Gasteiger partial charge in [0, 0.05) is 6.92 Å². The molecule has 1 fully saturated rings. The first-order chi connectivity index (χ1) is 9.19. The van der Waals surface area contributed by atoms with Crippen LogP contribution in [0.3, 0.4) is 0 Å². The summed E-state index contributed by atoms with van der Waals surface area (Å²) in [4.78, 5) is 46.4. The van der Waals surface area contributed by atoms with Crippen LogP contribution in [0.4, 0.5) is 0 Å². The Labute approximate surface area is 117 Å². The van der Waals surface area contributed by atoms with Crippen LogP contribution in [0.1, 0.15) is 40.5 Å². The Hall–Kier alpha value is -1.92. The number of hydrogen-bond acceptors (Lipinski definition) is 6. The molecule has 2 amide bonds. The van der Waals surface area contributed by atoms with E-state index in [1.807, 2.05) is 6.92 Å². The number of ether oxygens (including phenoxy) is 2. The number of imide groups is 1. The van der Waals surface area contributed by atoms with E-state index in [0.717, 1.165) is 4.90 Å². The van der Waals surface area contributed by atoms with Crippen LogP contribution in [0.5, 0.6) is 0 Å². The third kappa shape index (κ3) is 3.55. The van der Waals surface area contributed by atoms with Gasteiger partial charge in [-0.1, -0.05) is 6.92 Å². The standard InChI is InChI=1S/C13H19NO6/c1-5-13(3,4)12(18)19-7-10(17)14-9(16)6-11(14)20-8(2)15/h11H,5-7H2,1-4H3. The Balaban J connectivity index is 2.52. The molecule has 1 unspecified atom stereocenters. The highest BCUT2D eigenvalue weighted by Crippen LogP contribution is 2.23. The van der Waals surface area contributed by atoms with E-state index < -0.39 is 42.0 Å². The van der Waals surface area contributed by atoms with Crippen molar-refractivity contribution in [3.63, 3.8) is 0 Å². The number of hydrogen-bond donors (Lipinski definition) is 0. The van der Waals surface area contributed by atoms with Crippen molar-refractivity contribution < 1.29 is 28.7 Å². The molecule has 0 aliphatic carbocycles. The van der Waals surface area contributed by atoms with Crippen LogP contribution in [0.25, 0.3) is 0 Å². The van der Waals surface area contributed by atoms with Gasteiger partial charge in [0.1, 0.15) is 0 Å². The maximum atomic E-state index is 11.8. The fourth-order valence-electron chi connectivity index (χ4n) is 1.51. The molecule has 1 rings (SSSR count). The average Bonchev–Trinajstić information content (AvgIpc) is 2.34. The van der Waals surface area contributed by atoms with Crippen molar-refractivity contribution in [2.45, 2.75) is 46.8 Å². The molecule has 1 heterocycles. The van der Waals surface area contributed by atoms with Crippen LogP contribution in [-0.2, 0) is 28.7 Å². The van der Waals surface area contributed by atoms with Crippen LogP contribution >= 0.6 is 0 Å². The Morgan fingerprint density at radius 1 is 1.35 bits per heavy atom. The second-order valence-electron chi connectivity index (χ2n) is 5.24. The highest BCUT2D eigenvalue weighted by Gasteiger charge is 2.43. The summed E-state index contributed by atoms with van der Waals surface area (Å²) in [5, 5.41) is 0. The van der Waals surface area contributed by atoms with Crippen molar-refractivity contribution in [2.24, 2.45) is 5.41 Å². The summed E-state index contributed by atoms with van der Waals surface area (Å²) in [6.07, 6.45) is -0.344. The number of esters is 2. The summed E-state index contributed by atoms with van der Waals surface area (Å²) >= 11 is 0. The summed E-state index contributed by atoms with van der Waals surface area (Å²) in [7, 11) is 0. The van der Waals surface area contributed by atoms with E-state index in [1.54, 1.807) is 13.8 Å². The molecule has 20 heavy (non-hydrogen) atoms. The molecule has 0 radical (unpaired) electrons. The van der Waals surface area contributed by atoms with E-state index in [0.29, 0.717) is 6.42 Å². The second-order valence-corrected chi connectivity index (χ2v) is 5.24. The van der Waals surface area contributed by atoms with Gasteiger partial charge in [-0.3, -0.25) is 19.2 Å². The van der Waals surface area contributed by atoms with Gasteiger partial charge in [0.05, 0.1) is 11.8 Å². The fourth-order valence-corrected chi connectivity index (χ4v) is 1.51. The smallest absolute Gasteiger partial charge is 0.312 e. The number of amides is 2. The largest absolute Gasteiger partial charge is 0.455 e. The first-order valence-electron chi connectivity index (χ1n) is 6.38. The maximum Gasteiger partial charge on any atom is 0.312 e. The van der Waals surface area contributed by atoms with Crippen molar-refractivity contribution in [2.75, 3.05) is 6.61 Å². The highest BCUT2D eigenvalue weighted by molar-refractivity contribution is 6.01. The van der Waals surface area contributed by atoms with Crippen molar-refractivity contribution in [3.05, 3.63) is 0 Å². The summed E-state index contributed by atoms with van der Waals surface area (Å²) in [5.74, 6) is -2.23. The van der Waals surface area contributed by atoms with Gasteiger partial charge in [0.2, 0.25) is 5.91 Å². The predicted octanol–water partition coefficient (Wildman–Crippen LogP) is 0.614. The number of β-lactam (4-membered cyclic amide) rings is 1. The van der Waals surface area contributed by atoms with E-state index in [9.17, 15) is 19.2 Å². The number of nitrogens with zero attached hydrogens (tertiary/aromatic N) is 1. The third-order valence-electron chi connectivity index (χ3n) is 3.24. The van der Waals surface area contributed by atoms with Gasteiger partial charge in [-0.05, 0) is 20.3 Å². The van der Waals surface area contributed by atoms with E-state index in [1.165, 1.54) is 6.92 Å². The average molecular weight is 285 g/mol. The van der Waals surface area contributed by atoms with Crippen molar-refractivity contribution >= 4 is 23.8 Å². The lowest BCUT2D eigenvalue weighted by Gasteiger charge is -2.37. The molecule has 1 aliphatic rings. The van der Waals surface area contributed by atoms with Crippen LogP contribution in [0.15, 0.2) is 0 Å². The first kappa shape index (κ1) is 16.1. The zero-order valence-electron chi connectivity index (χ0n) is 12.1. The molecular weight excluding hydrogens is 266 g/mol. The minimum Gasteiger partial charge on any atom is -0.455 e. The van der Waals surface area contributed by atoms with E-state index in [4.69, 9.17) is 9.47 Å². The fraction of sp³-hybridized carbons (Fsp3) is 0.692. The monoisotopic (exact) mass is 285 g/mol. The van der Waals surface area contributed by atoms with Crippen molar-refractivity contribution in [3.8, 4) is 0 Å². The highest BCUT2D eigenvalue weighted by atomic mass is 16.6. The van der Waals surface area contributed by atoms with Gasteiger partial charge >= 0.3 is 11.9 Å². The lowest BCUT2D eigenvalue weighted by Crippen LogP contribution is -2.58. The van der Waals surface area contributed by atoms with Crippen LogP contribution in [0, 0.1) is 5.41 Å². The molecule has 0 aromatic heterocycles. The molecule has 1 atom stereocenters. The van der Waals surface area contributed by atoms with Crippen molar-refractivity contribution in [1.82, 2.24) is 4.90 Å². The Morgan fingerprint density at radius 3 is 2.40 bits per heavy atom. The van der Waals surface area contributed by atoms with E-state index in [-0.39, 0.29) is 6.42 Å².